The fraction of sp³-hybridized carbons (Fsp3) is 0.923. The first-order valence-electron chi connectivity index (χ1n) is 6.42. The second-order valence-electron chi connectivity index (χ2n) is 5.53. The Morgan fingerprint density at radius 3 is 2.31 bits per heavy atom. The smallest absolute Gasteiger partial charge is 0.149 e. The Morgan fingerprint density at radius 1 is 1.25 bits per heavy atom. The predicted octanol–water partition coefficient (Wildman–Crippen LogP) is 1.63. The van der Waals surface area contributed by atoms with Crippen molar-refractivity contribution in [2.24, 2.45) is 5.92 Å². The van der Waals surface area contributed by atoms with Crippen molar-refractivity contribution in [2.45, 2.75) is 46.7 Å². The lowest BCUT2D eigenvalue weighted by molar-refractivity contribution is -0.124. The molecule has 1 fully saturated rings. The summed E-state index contributed by atoms with van der Waals surface area (Å²) in [6, 6.07) is 1.12. The van der Waals surface area contributed by atoms with Crippen LogP contribution in [0.4, 0.5) is 0 Å². The maximum Gasteiger partial charge on any atom is 0.149 e. The standard InChI is InChI=1S/C13H26N2O/c1-10(2)13(16)9-15-7-6-14(11(3)4)8-12(15)5/h10-12H,6-9H2,1-5H3/t12-/m1/s1. The van der Waals surface area contributed by atoms with E-state index in [-0.39, 0.29) is 5.92 Å². The Bertz CT molecular complexity index is 238. The minimum absolute atomic E-state index is 0.162. The van der Waals surface area contributed by atoms with E-state index in [1.54, 1.807) is 0 Å². The fourth-order valence-electron chi connectivity index (χ4n) is 2.11. The van der Waals surface area contributed by atoms with Crippen molar-refractivity contribution in [3.05, 3.63) is 0 Å². The number of hydrogen-bond donors (Lipinski definition) is 0. The van der Waals surface area contributed by atoms with Gasteiger partial charge in [0.1, 0.15) is 5.78 Å². The van der Waals surface area contributed by atoms with Crippen LogP contribution in [-0.2, 0) is 4.79 Å². The van der Waals surface area contributed by atoms with E-state index >= 15 is 0 Å². The van der Waals surface area contributed by atoms with Crippen molar-refractivity contribution < 1.29 is 4.79 Å². The lowest BCUT2D eigenvalue weighted by Gasteiger charge is -2.41. The summed E-state index contributed by atoms with van der Waals surface area (Å²) in [5.74, 6) is 0.528. The van der Waals surface area contributed by atoms with Crippen LogP contribution in [-0.4, -0.2) is 53.8 Å². The highest BCUT2D eigenvalue weighted by Gasteiger charge is 2.26. The molecule has 0 N–H and O–H groups in total. The van der Waals surface area contributed by atoms with Gasteiger partial charge < -0.3 is 0 Å². The molecular weight excluding hydrogens is 200 g/mol. The van der Waals surface area contributed by atoms with Crippen LogP contribution in [0.3, 0.4) is 0 Å². The van der Waals surface area contributed by atoms with Crippen LogP contribution in [0.25, 0.3) is 0 Å². The van der Waals surface area contributed by atoms with Crippen molar-refractivity contribution in [3.63, 3.8) is 0 Å². The van der Waals surface area contributed by atoms with E-state index in [0.29, 0.717) is 24.4 Å². The summed E-state index contributed by atoms with van der Waals surface area (Å²) < 4.78 is 0. The zero-order valence-corrected chi connectivity index (χ0v) is 11.4. The molecule has 0 aromatic rings. The molecule has 0 saturated carbocycles. The van der Waals surface area contributed by atoms with Gasteiger partial charge in [-0.1, -0.05) is 13.8 Å². The van der Waals surface area contributed by atoms with Crippen molar-refractivity contribution in [1.82, 2.24) is 9.80 Å². The summed E-state index contributed by atoms with van der Waals surface area (Å²) in [6.07, 6.45) is 0. The maximum atomic E-state index is 11.7. The Hall–Kier alpha value is -0.410. The van der Waals surface area contributed by atoms with Crippen LogP contribution in [0.2, 0.25) is 0 Å². The van der Waals surface area contributed by atoms with Crippen molar-refractivity contribution in [3.8, 4) is 0 Å². The molecule has 94 valence electrons. The average molecular weight is 226 g/mol. The number of carbonyl (C=O) groups excluding carboxylic acids is 1. The summed E-state index contributed by atoms with van der Waals surface area (Å²) >= 11 is 0. The van der Waals surface area contributed by atoms with E-state index in [4.69, 9.17) is 0 Å². The Morgan fingerprint density at radius 2 is 1.88 bits per heavy atom. The lowest BCUT2D eigenvalue weighted by atomic mass is 10.1. The third-order valence-corrected chi connectivity index (χ3v) is 3.53. The summed E-state index contributed by atoms with van der Waals surface area (Å²) in [7, 11) is 0. The number of carbonyl (C=O) groups is 1. The molecule has 0 radical (unpaired) electrons. The average Bonchev–Trinajstić information content (AvgIpc) is 2.20. The van der Waals surface area contributed by atoms with Crippen LogP contribution in [0.1, 0.15) is 34.6 Å². The molecule has 3 heteroatoms. The zero-order valence-electron chi connectivity index (χ0n) is 11.4. The van der Waals surface area contributed by atoms with Crippen molar-refractivity contribution in [1.29, 1.82) is 0 Å². The van der Waals surface area contributed by atoms with Gasteiger partial charge in [-0.3, -0.25) is 14.6 Å². The Labute approximate surface area is 99.8 Å². The Balaban J connectivity index is 2.45. The molecule has 1 aliphatic rings. The van der Waals surface area contributed by atoms with Gasteiger partial charge in [0, 0.05) is 37.6 Å². The molecule has 16 heavy (non-hydrogen) atoms. The van der Waals surface area contributed by atoms with E-state index in [1.165, 1.54) is 0 Å². The first kappa shape index (κ1) is 13.7. The van der Waals surface area contributed by atoms with Gasteiger partial charge in [0.15, 0.2) is 0 Å². The number of piperazine rings is 1. The molecule has 0 unspecified atom stereocenters. The molecule has 3 nitrogen and oxygen atoms in total. The summed E-state index contributed by atoms with van der Waals surface area (Å²) in [5, 5.41) is 0. The Kier molecular flexibility index (Phi) is 4.93. The second-order valence-corrected chi connectivity index (χ2v) is 5.53. The van der Waals surface area contributed by atoms with Crippen LogP contribution < -0.4 is 0 Å². The van der Waals surface area contributed by atoms with Gasteiger partial charge in [0.25, 0.3) is 0 Å². The molecule has 0 aliphatic carbocycles. The zero-order chi connectivity index (χ0) is 12.3. The normalized spacial score (nSPS) is 24.3. The third kappa shape index (κ3) is 3.56. The van der Waals surface area contributed by atoms with E-state index < -0.39 is 0 Å². The minimum Gasteiger partial charge on any atom is -0.298 e. The highest BCUT2D eigenvalue weighted by Crippen LogP contribution is 2.12. The number of ketones is 1. The molecule has 1 atom stereocenters. The van der Waals surface area contributed by atoms with Gasteiger partial charge in [-0.05, 0) is 20.8 Å². The van der Waals surface area contributed by atoms with Crippen LogP contribution in [0.5, 0.6) is 0 Å². The van der Waals surface area contributed by atoms with E-state index in [0.717, 1.165) is 19.6 Å². The lowest BCUT2D eigenvalue weighted by Crippen LogP contribution is -2.55. The van der Waals surface area contributed by atoms with Gasteiger partial charge in [0.2, 0.25) is 0 Å². The number of Topliss-reactive ketones (excluding diaryl/α,β-unsaturated/α-hetero) is 1. The van der Waals surface area contributed by atoms with Gasteiger partial charge in [0.05, 0.1) is 6.54 Å². The van der Waals surface area contributed by atoms with Crippen LogP contribution >= 0.6 is 0 Å². The molecule has 1 heterocycles. The van der Waals surface area contributed by atoms with Crippen LogP contribution in [0, 0.1) is 5.92 Å². The summed E-state index contributed by atoms with van der Waals surface area (Å²) in [4.78, 5) is 16.5. The summed E-state index contributed by atoms with van der Waals surface area (Å²) in [6.45, 7) is 14.5. The van der Waals surface area contributed by atoms with Crippen LogP contribution in [0.15, 0.2) is 0 Å². The first-order valence-corrected chi connectivity index (χ1v) is 6.42. The minimum atomic E-state index is 0.162. The number of rotatable bonds is 4. The van der Waals surface area contributed by atoms with E-state index in [2.05, 4.69) is 30.6 Å². The first-order chi connectivity index (χ1) is 7.41. The van der Waals surface area contributed by atoms with E-state index in [1.807, 2.05) is 13.8 Å². The molecule has 0 spiro atoms. The largest absolute Gasteiger partial charge is 0.298 e. The number of nitrogens with zero attached hydrogens (tertiary/aromatic N) is 2. The molecule has 1 rings (SSSR count). The summed E-state index contributed by atoms with van der Waals surface area (Å²) in [5.41, 5.74) is 0. The van der Waals surface area contributed by atoms with E-state index in [9.17, 15) is 4.79 Å². The molecule has 0 amide bonds. The molecule has 1 saturated heterocycles. The maximum absolute atomic E-state index is 11.7. The molecule has 0 aromatic carbocycles. The topological polar surface area (TPSA) is 23.6 Å². The van der Waals surface area contributed by atoms with Gasteiger partial charge >= 0.3 is 0 Å². The fourth-order valence-corrected chi connectivity index (χ4v) is 2.11. The highest BCUT2D eigenvalue weighted by molar-refractivity contribution is 5.82. The monoisotopic (exact) mass is 226 g/mol. The van der Waals surface area contributed by atoms with Gasteiger partial charge in [-0.15, -0.1) is 0 Å². The predicted molar refractivity (Wildman–Crippen MR) is 67.6 cm³/mol. The molecule has 0 aromatic heterocycles. The number of hydrogen-bond acceptors (Lipinski definition) is 3. The van der Waals surface area contributed by atoms with Crippen molar-refractivity contribution >= 4 is 5.78 Å². The quantitative estimate of drug-likeness (QED) is 0.728. The SMILES string of the molecule is CC(C)C(=O)CN1CCN(C(C)C)C[C@H]1C. The van der Waals surface area contributed by atoms with Crippen molar-refractivity contribution in [2.75, 3.05) is 26.2 Å². The highest BCUT2D eigenvalue weighted by atomic mass is 16.1. The second kappa shape index (κ2) is 5.78. The third-order valence-electron chi connectivity index (χ3n) is 3.53. The molecule has 0 bridgehead atoms. The molecular formula is C13H26N2O. The van der Waals surface area contributed by atoms with Gasteiger partial charge in [-0.2, -0.15) is 0 Å². The molecule has 1 aliphatic heterocycles. The van der Waals surface area contributed by atoms with Gasteiger partial charge in [-0.25, -0.2) is 0 Å².